The van der Waals surface area contributed by atoms with Crippen molar-refractivity contribution >= 4 is 15.7 Å². The highest BCUT2D eigenvalue weighted by Crippen LogP contribution is 2.60. The van der Waals surface area contributed by atoms with Crippen molar-refractivity contribution in [3.8, 4) is 0 Å². The average molecular weight is 313 g/mol. The first kappa shape index (κ1) is 15.3. The van der Waals surface area contributed by atoms with E-state index in [0.29, 0.717) is 0 Å². The SMILES string of the molecule is CCS(=O)(=O)C[C@H](C)NC(=O)C12CC3CC(CC(C3)C1)C2. The molecule has 1 amide bonds. The fourth-order valence-corrected chi connectivity index (χ4v) is 6.39. The predicted octanol–water partition coefficient (Wildman–Crippen LogP) is 2.14. The van der Waals surface area contributed by atoms with Gasteiger partial charge in [-0.1, -0.05) is 6.92 Å². The zero-order valence-electron chi connectivity index (χ0n) is 13.1. The monoisotopic (exact) mass is 313 g/mol. The molecule has 0 heterocycles. The second kappa shape index (κ2) is 5.25. The molecule has 4 nitrogen and oxygen atoms in total. The molecule has 0 aromatic heterocycles. The summed E-state index contributed by atoms with van der Waals surface area (Å²) < 4.78 is 23.4. The average Bonchev–Trinajstić information content (AvgIpc) is 2.36. The van der Waals surface area contributed by atoms with Crippen LogP contribution < -0.4 is 5.32 Å². The zero-order valence-corrected chi connectivity index (χ0v) is 13.9. The Hall–Kier alpha value is -0.580. The maximum absolute atomic E-state index is 12.8. The van der Waals surface area contributed by atoms with Crippen LogP contribution >= 0.6 is 0 Å². The van der Waals surface area contributed by atoms with Crippen LogP contribution in [0.1, 0.15) is 52.4 Å². The smallest absolute Gasteiger partial charge is 0.226 e. The zero-order chi connectivity index (χ0) is 15.3. The number of nitrogens with one attached hydrogen (secondary N) is 1. The Balaban J connectivity index is 1.65. The number of sulfone groups is 1. The second-order valence-electron chi connectivity index (χ2n) is 7.77. The molecule has 4 aliphatic rings. The van der Waals surface area contributed by atoms with E-state index in [1.54, 1.807) is 6.92 Å². The maximum atomic E-state index is 12.8. The van der Waals surface area contributed by atoms with Gasteiger partial charge in [0, 0.05) is 17.2 Å². The summed E-state index contributed by atoms with van der Waals surface area (Å²) in [6.45, 7) is 3.47. The molecule has 1 N–H and O–H groups in total. The van der Waals surface area contributed by atoms with Gasteiger partial charge in [-0.2, -0.15) is 0 Å². The van der Waals surface area contributed by atoms with Gasteiger partial charge in [0.1, 0.15) is 0 Å². The van der Waals surface area contributed by atoms with Gasteiger partial charge in [-0.25, -0.2) is 8.42 Å². The summed E-state index contributed by atoms with van der Waals surface area (Å²) in [5, 5.41) is 3.01. The third-order valence-electron chi connectivity index (χ3n) is 5.84. The highest BCUT2D eigenvalue weighted by molar-refractivity contribution is 7.91. The van der Waals surface area contributed by atoms with Crippen molar-refractivity contribution in [3.63, 3.8) is 0 Å². The molecule has 0 aromatic carbocycles. The van der Waals surface area contributed by atoms with E-state index < -0.39 is 9.84 Å². The van der Waals surface area contributed by atoms with Crippen LogP contribution in [-0.2, 0) is 14.6 Å². The van der Waals surface area contributed by atoms with Crippen LogP contribution in [0.15, 0.2) is 0 Å². The molecule has 4 rings (SSSR count). The predicted molar refractivity (Wildman–Crippen MR) is 82.5 cm³/mol. The van der Waals surface area contributed by atoms with Crippen LogP contribution in [0, 0.1) is 23.2 Å². The van der Waals surface area contributed by atoms with Gasteiger partial charge in [0.25, 0.3) is 0 Å². The first-order chi connectivity index (χ1) is 9.82. The van der Waals surface area contributed by atoms with E-state index in [0.717, 1.165) is 37.0 Å². The molecule has 4 aliphatic carbocycles. The Kier molecular flexibility index (Phi) is 3.83. The summed E-state index contributed by atoms with van der Waals surface area (Å²) in [5.74, 6) is 2.53. The van der Waals surface area contributed by atoms with Crippen molar-refractivity contribution in [1.82, 2.24) is 5.32 Å². The van der Waals surface area contributed by atoms with Gasteiger partial charge in [-0.3, -0.25) is 4.79 Å². The maximum Gasteiger partial charge on any atom is 0.226 e. The molecule has 0 aliphatic heterocycles. The highest BCUT2D eigenvalue weighted by Gasteiger charge is 2.54. The molecule has 4 fully saturated rings. The number of carbonyl (C=O) groups is 1. The van der Waals surface area contributed by atoms with E-state index >= 15 is 0 Å². The molecule has 0 radical (unpaired) electrons. The molecule has 0 unspecified atom stereocenters. The summed E-state index contributed by atoms with van der Waals surface area (Å²) in [6.07, 6.45) is 7.01. The van der Waals surface area contributed by atoms with E-state index in [1.807, 2.05) is 6.92 Å². The second-order valence-corrected chi connectivity index (χ2v) is 10.2. The normalized spacial score (nSPS) is 39.2. The third kappa shape index (κ3) is 2.99. The molecular weight excluding hydrogens is 286 g/mol. The fraction of sp³-hybridized carbons (Fsp3) is 0.938. The molecule has 4 saturated carbocycles. The minimum atomic E-state index is -3.04. The Labute approximate surface area is 128 Å². The molecule has 120 valence electrons. The lowest BCUT2D eigenvalue weighted by atomic mass is 9.49. The Morgan fingerprint density at radius 2 is 1.62 bits per heavy atom. The Morgan fingerprint density at radius 3 is 2.05 bits per heavy atom. The molecule has 21 heavy (non-hydrogen) atoms. The molecule has 0 aromatic rings. The summed E-state index contributed by atoms with van der Waals surface area (Å²) in [7, 11) is -3.04. The third-order valence-corrected chi connectivity index (χ3v) is 7.73. The quantitative estimate of drug-likeness (QED) is 0.846. The van der Waals surface area contributed by atoms with E-state index in [-0.39, 0.29) is 28.9 Å². The van der Waals surface area contributed by atoms with Gasteiger partial charge in [0.2, 0.25) is 5.91 Å². The summed E-state index contributed by atoms with van der Waals surface area (Å²) in [5.41, 5.74) is -0.182. The van der Waals surface area contributed by atoms with Crippen LogP contribution in [0.4, 0.5) is 0 Å². The van der Waals surface area contributed by atoms with Crippen LogP contribution in [0.5, 0.6) is 0 Å². The van der Waals surface area contributed by atoms with Crippen LogP contribution in [-0.4, -0.2) is 31.9 Å². The standard InChI is InChI=1S/C16H27NO3S/c1-3-21(19,20)10-11(2)17-15(18)16-7-12-4-13(8-16)6-14(5-12)9-16/h11-14H,3-10H2,1-2H3,(H,17,18)/t11-,12?,13?,14?,16?/m0/s1. The first-order valence-electron chi connectivity index (χ1n) is 8.33. The Bertz CT molecular complexity index is 490. The topological polar surface area (TPSA) is 63.2 Å². The lowest BCUT2D eigenvalue weighted by Gasteiger charge is -2.55. The minimum Gasteiger partial charge on any atom is -0.352 e. The fourth-order valence-electron chi connectivity index (χ4n) is 5.31. The molecule has 1 atom stereocenters. The number of hydrogen-bond acceptors (Lipinski definition) is 3. The van der Waals surface area contributed by atoms with E-state index in [1.165, 1.54) is 19.3 Å². The van der Waals surface area contributed by atoms with Crippen molar-refractivity contribution in [3.05, 3.63) is 0 Å². The molecule has 0 saturated heterocycles. The number of carbonyl (C=O) groups excluding carboxylic acids is 1. The van der Waals surface area contributed by atoms with Crippen molar-refractivity contribution in [2.75, 3.05) is 11.5 Å². The molecule has 0 spiro atoms. The van der Waals surface area contributed by atoms with Gasteiger partial charge in [0.15, 0.2) is 9.84 Å². The van der Waals surface area contributed by atoms with Crippen LogP contribution in [0.2, 0.25) is 0 Å². The van der Waals surface area contributed by atoms with Crippen molar-refractivity contribution in [2.45, 2.75) is 58.4 Å². The van der Waals surface area contributed by atoms with Crippen molar-refractivity contribution in [2.24, 2.45) is 23.2 Å². The first-order valence-corrected chi connectivity index (χ1v) is 10.2. The van der Waals surface area contributed by atoms with Gasteiger partial charge >= 0.3 is 0 Å². The van der Waals surface area contributed by atoms with Crippen molar-refractivity contribution in [1.29, 1.82) is 0 Å². The number of hydrogen-bond donors (Lipinski definition) is 1. The van der Waals surface area contributed by atoms with Crippen LogP contribution in [0.3, 0.4) is 0 Å². The van der Waals surface area contributed by atoms with Gasteiger partial charge < -0.3 is 5.32 Å². The van der Waals surface area contributed by atoms with E-state index in [9.17, 15) is 13.2 Å². The van der Waals surface area contributed by atoms with Crippen LogP contribution in [0.25, 0.3) is 0 Å². The van der Waals surface area contributed by atoms with Crippen molar-refractivity contribution < 1.29 is 13.2 Å². The van der Waals surface area contributed by atoms with Gasteiger partial charge in [-0.15, -0.1) is 0 Å². The Morgan fingerprint density at radius 1 is 1.14 bits per heavy atom. The minimum absolute atomic E-state index is 0.0571. The molecular formula is C16H27NO3S. The molecule has 5 heteroatoms. The lowest BCUT2D eigenvalue weighted by molar-refractivity contribution is -0.146. The van der Waals surface area contributed by atoms with Gasteiger partial charge in [0.05, 0.1) is 5.75 Å². The summed E-state index contributed by atoms with van der Waals surface area (Å²) in [6, 6.07) is -0.282. The number of rotatable bonds is 5. The van der Waals surface area contributed by atoms with Gasteiger partial charge in [-0.05, 0) is 63.2 Å². The van der Waals surface area contributed by atoms with E-state index in [4.69, 9.17) is 0 Å². The molecule has 4 bridgehead atoms. The summed E-state index contributed by atoms with van der Waals surface area (Å²) in [4.78, 5) is 12.8. The highest BCUT2D eigenvalue weighted by atomic mass is 32.2. The van der Waals surface area contributed by atoms with E-state index in [2.05, 4.69) is 5.32 Å². The largest absolute Gasteiger partial charge is 0.352 e. The lowest BCUT2D eigenvalue weighted by Crippen LogP contribution is -2.55. The number of amides is 1. The summed E-state index contributed by atoms with van der Waals surface area (Å²) >= 11 is 0.